The molecular formula is C27H36N4O5S. The number of carbonyl (C=O) groups is 1. The van der Waals surface area contributed by atoms with Gasteiger partial charge in [-0.25, -0.2) is 8.42 Å². The lowest BCUT2D eigenvalue weighted by Gasteiger charge is -2.41. The number of nitrogens with zero attached hydrogens (tertiary/aromatic N) is 3. The number of rotatable bonds is 8. The van der Waals surface area contributed by atoms with Crippen LogP contribution in [0.15, 0.2) is 53.4 Å². The highest BCUT2D eigenvalue weighted by Gasteiger charge is 2.43. The Bertz CT molecular complexity index is 1210. The number of benzene rings is 2. The summed E-state index contributed by atoms with van der Waals surface area (Å²) in [7, 11) is -4.02. The molecule has 1 aliphatic heterocycles. The van der Waals surface area contributed by atoms with Crippen molar-refractivity contribution in [2.45, 2.75) is 75.3 Å². The smallest absolute Gasteiger partial charge is 0.292 e. The van der Waals surface area contributed by atoms with E-state index >= 15 is 0 Å². The quantitative estimate of drug-likeness (QED) is 0.308. The average Bonchev–Trinajstić information content (AvgIpc) is 2.90. The van der Waals surface area contributed by atoms with Crippen molar-refractivity contribution in [1.29, 1.82) is 0 Å². The summed E-state index contributed by atoms with van der Waals surface area (Å²) in [5, 5.41) is 11.5. The molecule has 2 aromatic rings. The molecule has 9 nitrogen and oxygen atoms in total. The third-order valence-electron chi connectivity index (χ3n) is 7.66. The molecule has 2 N–H and O–H groups in total. The Morgan fingerprint density at radius 3 is 2.35 bits per heavy atom. The highest BCUT2D eigenvalue weighted by molar-refractivity contribution is 7.89. The summed E-state index contributed by atoms with van der Waals surface area (Å²) in [5.41, 5.74) is 6.10. The second-order valence-electron chi connectivity index (χ2n) is 10.3. The number of amides is 1. The summed E-state index contributed by atoms with van der Waals surface area (Å²) >= 11 is 0. The fourth-order valence-electron chi connectivity index (χ4n) is 5.49. The van der Waals surface area contributed by atoms with Crippen molar-refractivity contribution in [1.82, 2.24) is 9.21 Å². The van der Waals surface area contributed by atoms with Crippen molar-refractivity contribution in [2.75, 3.05) is 18.8 Å². The molecule has 200 valence electrons. The summed E-state index contributed by atoms with van der Waals surface area (Å²) in [6.07, 6.45) is 5.92. The first-order valence-corrected chi connectivity index (χ1v) is 14.5. The maximum atomic E-state index is 14.2. The first-order chi connectivity index (χ1) is 17.7. The summed E-state index contributed by atoms with van der Waals surface area (Å²) in [4.78, 5) is 27.0. The van der Waals surface area contributed by atoms with Crippen molar-refractivity contribution in [3.63, 3.8) is 0 Å². The number of nitro groups is 1. The van der Waals surface area contributed by atoms with Crippen molar-refractivity contribution < 1.29 is 18.1 Å². The molecule has 1 heterocycles. The van der Waals surface area contributed by atoms with Gasteiger partial charge in [-0.15, -0.1) is 0 Å². The van der Waals surface area contributed by atoms with Crippen LogP contribution >= 0.6 is 0 Å². The maximum Gasteiger partial charge on any atom is 0.292 e. The van der Waals surface area contributed by atoms with Gasteiger partial charge < -0.3 is 10.6 Å². The molecule has 2 aromatic carbocycles. The van der Waals surface area contributed by atoms with Gasteiger partial charge in [-0.1, -0.05) is 50.5 Å². The molecular weight excluding hydrogens is 492 g/mol. The second-order valence-corrected chi connectivity index (χ2v) is 12.2. The van der Waals surface area contributed by atoms with Gasteiger partial charge in [0.2, 0.25) is 15.9 Å². The van der Waals surface area contributed by atoms with Crippen LogP contribution in [0, 0.1) is 16.0 Å². The lowest BCUT2D eigenvalue weighted by Crippen LogP contribution is -2.57. The minimum atomic E-state index is -4.02. The predicted molar refractivity (Wildman–Crippen MR) is 142 cm³/mol. The monoisotopic (exact) mass is 528 g/mol. The number of hydrogen-bond acceptors (Lipinski definition) is 6. The highest BCUT2D eigenvalue weighted by Crippen LogP contribution is 2.33. The molecule has 10 heteroatoms. The van der Waals surface area contributed by atoms with Crippen LogP contribution in [0.5, 0.6) is 0 Å². The van der Waals surface area contributed by atoms with Gasteiger partial charge in [0.1, 0.15) is 11.7 Å². The van der Waals surface area contributed by atoms with Gasteiger partial charge in [0.15, 0.2) is 0 Å². The van der Waals surface area contributed by atoms with E-state index in [1.54, 1.807) is 41.3 Å². The van der Waals surface area contributed by atoms with E-state index in [0.29, 0.717) is 37.4 Å². The molecule has 1 saturated carbocycles. The van der Waals surface area contributed by atoms with E-state index in [1.807, 2.05) is 0 Å². The molecule has 0 bridgehead atoms. The van der Waals surface area contributed by atoms with Crippen molar-refractivity contribution in [3.8, 4) is 0 Å². The minimum absolute atomic E-state index is 0.0303. The van der Waals surface area contributed by atoms with E-state index in [9.17, 15) is 23.3 Å². The number of hydrogen-bond donors (Lipinski definition) is 1. The molecule has 2 aliphatic rings. The first kappa shape index (κ1) is 27.1. The van der Waals surface area contributed by atoms with E-state index in [2.05, 4.69) is 6.92 Å². The first-order valence-electron chi connectivity index (χ1n) is 13.1. The van der Waals surface area contributed by atoms with Gasteiger partial charge in [0.05, 0.1) is 9.82 Å². The van der Waals surface area contributed by atoms with Crippen LogP contribution < -0.4 is 5.73 Å². The van der Waals surface area contributed by atoms with Crippen LogP contribution in [-0.2, 0) is 21.2 Å². The number of piperidine rings is 1. The second kappa shape index (κ2) is 11.6. The van der Waals surface area contributed by atoms with Crippen molar-refractivity contribution in [3.05, 3.63) is 64.2 Å². The number of sulfonamides is 1. The van der Waals surface area contributed by atoms with E-state index in [-0.39, 0.29) is 34.6 Å². The molecule has 1 unspecified atom stereocenters. The molecule has 1 saturated heterocycles. The standard InChI is InChI=1S/C27H36N4O5S/c1-20-14-16-29(17-15-20)27(32)26(19-21-12-13-24(28)25(18-21)31(33)34)30(22-8-4-2-5-9-22)37(35,36)23-10-6-3-7-11-23/h3,6-7,10-13,18,20,22,26H,2,4-5,8-9,14-17,19,28H2,1H3. The van der Waals surface area contributed by atoms with Gasteiger partial charge >= 0.3 is 0 Å². The van der Waals surface area contributed by atoms with Crippen LogP contribution in [0.1, 0.15) is 57.4 Å². The van der Waals surface area contributed by atoms with E-state index in [0.717, 1.165) is 32.1 Å². The molecule has 1 aliphatic carbocycles. The van der Waals surface area contributed by atoms with Crippen molar-refractivity contribution >= 4 is 27.3 Å². The van der Waals surface area contributed by atoms with Crippen LogP contribution in [0.25, 0.3) is 0 Å². The van der Waals surface area contributed by atoms with Crippen molar-refractivity contribution in [2.24, 2.45) is 5.92 Å². The number of nitro benzene ring substituents is 1. The molecule has 0 aromatic heterocycles. The summed E-state index contributed by atoms with van der Waals surface area (Å²) in [6.45, 7) is 3.30. The zero-order chi connectivity index (χ0) is 26.6. The zero-order valence-corrected chi connectivity index (χ0v) is 22.1. The SMILES string of the molecule is CC1CCN(C(=O)C(Cc2ccc(N)c([N+](=O)[O-])c2)N(C2CCCCC2)S(=O)(=O)c2ccccc2)CC1. The molecule has 1 amide bonds. The molecule has 0 spiro atoms. The predicted octanol–water partition coefficient (Wildman–Crippen LogP) is 4.37. The van der Waals surface area contributed by atoms with Crippen LogP contribution in [0.2, 0.25) is 0 Å². The number of anilines is 1. The lowest BCUT2D eigenvalue weighted by atomic mass is 9.93. The summed E-state index contributed by atoms with van der Waals surface area (Å²) in [6, 6.07) is 11.4. The molecule has 4 rings (SSSR count). The lowest BCUT2D eigenvalue weighted by molar-refractivity contribution is -0.384. The Balaban J connectivity index is 1.80. The number of carbonyl (C=O) groups excluding carboxylic acids is 1. The Morgan fingerprint density at radius 1 is 1.08 bits per heavy atom. The van der Waals surface area contributed by atoms with Gasteiger partial charge in [-0.3, -0.25) is 14.9 Å². The van der Waals surface area contributed by atoms with Crippen LogP contribution in [0.4, 0.5) is 11.4 Å². The largest absolute Gasteiger partial charge is 0.393 e. The normalized spacial score (nSPS) is 18.6. The van der Waals surface area contributed by atoms with Gasteiger partial charge in [0.25, 0.3) is 5.69 Å². The number of likely N-dealkylation sites (tertiary alicyclic amines) is 1. The summed E-state index contributed by atoms with van der Waals surface area (Å²) in [5.74, 6) is 0.265. The molecule has 1 atom stereocenters. The number of nitrogens with two attached hydrogens (primary N) is 1. The fourth-order valence-corrected chi connectivity index (χ4v) is 7.34. The molecule has 0 radical (unpaired) electrons. The zero-order valence-electron chi connectivity index (χ0n) is 21.3. The Hall–Kier alpha value is -2.98. The Kier molecular flexibility index (Phi) is 8.49. The minimum Gasteiger partial charge on any atom is -0.393 e. The average molecular weight is 529 g/mol. The van der Waals surface area contributed by atoms with E-state index < -0.39 is 21.0 Å². The third kappa shape index (κ3) is 6.13. The van der Waals surface area contributed by atoms with E-state index in [4.69, 9.17) is 5.73 Å². The Labute approximate surface area is 218 Å². The summed E-state index contributed by atoms with van der Waals surface area (Å²) < 4.78 is 29.8. The van der Waals surface area contributed by atoms with Gasteiger partial charge in [0, 0.05) is 25.2 Å². The third-order valence-corrected chi connectivity index (χ3v) is 9.64. The number of nitrogen functional groups attached to an aromatic ring is 1. The van der Waals surface area contributed by atoms with Crippen LogP contribution in [-0.4, -0.2) is 53.6 Å². The van der Waals surface area contributed by atoms with Gasteiger partial charge in [-0.05, 0) is 61.8 Å². The fraction of sp³-hybridized carbons (Fsp3) is 0.519. The topological polar surface area (TPSA) is 127 Å². The van der Waals surface area contributed by atoms with E-state index in [1.165, 1.54) is 16.4 Å². The van der Waals surface area contributed by atoms with Gasteiger partial charge in [-0.2, -0.15) is 4.31 Å². The maximum absolute atomic E-state index is 14.2. The molecule has 37 heavy (non-hydrogen) atoms. The highest BCUT2D eigenvalue weighted by atomic mass is 32.2. The van der Waals surface area contributed by atoms with Crippen LogP contribution in [0.3, 0.4) is 0 Å². The Morgan fingerprint density at radius 2 is 1.73 bits per heavy atom. The molecule has 2 fully saturated rings.